The van der Waals surface area contributed by atoms with E-state index in [9.17, 15) is 0 Å². The van der Waals surface area contributed by atoms with Gasteiger partial charge < -0.3 is 4.74 Å². The molecular formula is C14H14N6OS. The molecule has 0 aliphatic rings. The average molecular weight is 314 g/mol. The molecule has 7 nitrogen and oxygen atoms in total. The highest BCUT2D eigenvalue weighted by Gasteiger charge is 2.06. The fraction of sp³-hybridized carbons (Fsp3) is 0.143. The first-order valence-corrected chi connectivity index (χ1v) is 6.96. The van der Waals surface area contributed by atoms with E-state index in [1.54, 1.807) is 24.2 Å². The number of benzene rings is 1. The molecule has 0 radical (unpaired) electrons. The van der Waals surface area contributed by atoms with Crippen LogP contribution in [0.25, 0.3) is 11.3 Å². The molecule has 3 aromatic rings. The van der Waals surface area contributed by atoms with Gasteiger partial charge in [0.15, 0.2) is 0 Å². The average Bonchev–Trinajstić information content (AvgIpc) is 3.13. The van der Waals surface area contributed by atoms with Crippen molar-refractivity contribution in [2.45, 2.75) is 6.92 Å². The number of rotatable bonds is 4. The number of H-pyrrole nitrogens is 2. The molecule has 2 heterocycles. The smallest absolute Gasteiger partial charge is 0.216 e. The summed E-state index contributed by atoms with van der Waals surface area (Å²) in [6.07, 6.45) is 3.41. The summed E-state index contributed by atoms with van der Waals surface area (Å²) in [4.78, 5) is 0. The maximum Gasteiger partial charge on any atom is 0.216 e. The molecule has 2 N–H and O–H groups in total. The molecule has 1 aromatic carbocycles. The predicted octanol–water partition coefficient (Wildman–Crippen LogP) is 2.53. The van der Waals surface area contributed by atoms with Crippen molar-refractivity contribution in [1.82, 2.24) is 25.1 Å². The van der Waals surface area contributed by atoms with Crippen LogP contribution < -0.4 is 4.74 Å². The third-order valence-corrected chi connectivity index (χ3v) is 3.44. The van der Waals surface area contributed by atoms with Crippen LogP contribution in [-0.2, 0) is 0 Å². The van der Waals surface area contributed by atoms with E-state index in [-0.39, 0.29) is 0 Å². The van der Waals surface area contributed by atoms with Crippen molar-refractivity contribution in [2.24, 2.45) is 5.10 Å². The Balaban J connectivity index is 1.93. The highest BCUT2D eigenvalue weighted by atomic mass is 32.1. The minimum atomic E-state index is 0.447. The van der Waals surface area contributed by atoms with Crippen LogP contribution in [0.3, 0.4) is 0 Å². The molecule has 0 bridgehead atoms. The molecule has 0 atom stereocenters. The normalized spacial score (nSPS) is 11.2. The number of ether oxygens (including phenoxy) is 1. The van der Waals surface area contributed by atoms with E-state index in [2.05, 4.69) is 25.5 Å². The third kappa shape index (κ3) is 2.68. The molecule has 112 valence electrons. The van der Waals surface area contributed by atoms with Crippen molar-refractivity contribution in [3.05, 3.63) is 46.6 Å². The van der Waals surface area contributed by atoms with Crippen LogP contribution in [0.2, 0.25) is 0 Å². The Kier molecular flexibility index (Phi) is 3.84. The Bertz CT molecular complexity index is 858. The first-order chi connectivity index (χ1) is 10.7. The van der Waals surface area contributed by atoms with E-state index in [4.69, 9.17) is 17.0 Å². The van der Waals surface area contributed by atoms with Crippen molar-refractivity contribution in [2.75, 3.05) is 7.11 Å². The molecule has 0 amide bonds. The number of nitrogens with zero attached hydrogens (tertiary/aromatic N) is 4. The lowest BCUT2D eigenvalue weighted by molar-refractivity contribution is 0.415. The summed E-state index contributed by atoms with van der Waals surface area (Å²) in [5, 5.41) is 18.1. The Labute approximate surface area is 131 Å². The Hall–Kier alpha value is -2.74. The first kappa shape index (κ1) is 14.2. The molecule has 22 heavy (non-hydrogen) atoms. The van der Waals surface area contributed by atoms with Gasteiger partial charge in [-0.15, -0.1) is 0 Å². The molecule has 0 saturated heterocycles. The molecule has 0 spiro atoms. The zero-order valence-electron chi connectivity index (χ0n) is 12.1. The van der Waals surface area contributed by atoms with Gasteiger partial charge >= 0.3 is 0 Å². The van der Waals surface area contributed by atoms with Crippen LogP contribution >= 0.6 is 12.2 Å². The quantitative estimate of drug-likeness (QED) is 0.572. The highest BCUT2D eigenvalue weighted by Crippen LogP contribution is 2.22. The predicted molar refractivity (Wildman–Crippen MR) is 85.7 cm³/mol. The topological polar surface area (TPSA) is 83.9 Å². The maximum absolute atomic E-state index is 5.16. The van der Waals surface area contributed by atoms with Gasteiger partial charge in [0, 0.05) is 11.1 Å². The van der Waals surface area contributed by atoms with E-state index in [1.165, 1.54) is 0 Å². The molecule has 0 unspecified atom stereocenters. The number of nitrogens with one attached hydrogen (secondary N) is 2. The summed E-state index contributed by atoms with van der Waals surface area (Å²) in [6.45, 7) is 1.82. The largest absolute Gasteiger partial charge is 0.497 e. The maximum atomic E-state index is 5.16. The van der Waals surface area contributed by atoms with Crippen molar-refractivity contribution in [3.63, 3.8) is 0 Å². The Morgan fingerprint density at radius 3 is 2.68 bits per heavy atom. The number of aromatic nitrogens is 5. The molecule has 0 aliphatic heterocycles. The summed E-state index contributed by atoms with van der Waals surface area (Å²) in [7, 11) is 1.64. The minimum absolute atomic E-state index is 0.447. The zero-order valence-corrected chi connectivity index (χ0v) is 12.9. The molecule has 8 heteroatoms. The van der Waals surface area contributed by atoms with Gasteiger partial charge in [0.2, 0.25) is 4.77 Å². The van der Waals surface area contributed by atoms with E-state index >= 15 is 0 Å². The summed E-state index contributed by atoms with van der Waals surface area (Å²) in [5.41, 5.74) is 2.72. The highest BCUT2D eigenvalue weighted by molar-refractivity contribution is 7.71. The van der Waals surface area contributed by atoms with Crippen LogP contribution in [0.5, 0.6) is 5.75 Å². The van der Waals surface area contributed by atoms with Crippen molar-refractivity contribution in [3.8, 4) is 17.0 Å². The van der Waals surface area contributed by atoms with Crippen LogP contribution in [0, 0.1) is 11.7 Å². The second kappa shape index (κ2) is 5.94. The second-order valence-electron chi connectivity index (χ2n) is 4.56. The molecule has 0 aliphatic carbocycles. The summed E-state index contributed by atoms with van der Waals surface area (Å²) < 4.78 is 7.17. The molecule has 0 fully saturated rings. The number of aromatic amines is 2. The summed E-state index contributed by atoms with van der Waals surface area (Å²) in [6, 6.07) is 7.71. The SMILES string of the molecule is COc1ccc(-c2[nH]ncc2/C=N/n2c(C)n[nH]c2=S)cc1. The van der Waals surface area contributed by atoms with Gasteiger partial charge in [-0.3, -0.25) is 10.2 Å². The zero-order chi connectivity index (χ0) is 15.5. The summed E-state index contributed by atoms with van der Waals surface area (Å²) >= 11 is 5.12. The van der Waals surface area contributed by atoms with Crippen LogP contribution in [0.1, 0.15) is 11.4 Å². The van der Waals surface area contributed by atoms with Crippen molar-refractivity contribution >= 4 is 18.4 Å². The van der Waals surface area contributed by atoms with E-state index in [1.807, 2.05) is 31.2 Å². The van der Waals surface area contributed by atoms with Crippen molar-refractivity contribution < 1.29 is 4.74 Å². The standard InChI is InChI=1S/C14H14N6OS/c1-9-17-19-14(22)20(9)16-8-11-7-15-18-13(11)10-3-5-12(21-2)6-4-10/h3-8H,1-2H3,(H,15,18)(H,19,22)/b16-8+. The Morgan fingerprint density at radius 1 is 1.27 bits per heavy atom. The van der Waals surface area contributed by atoms with E-state index in [0.29, 0.717) is 10.6 Å². The fourth-order valence-corrected chi connectivity index (χ4v) is 2.23. The van der Waals surface area contributed by atoms with Gasteiger partial charge in [0.1, 0.15) is 11.6 Å². The van der Waals surface area contributed by atoms with E-state index < -0.39 is 0 Å². The lowest BCUT2D eigenvalue weighted by Crippen LogP contribution is -1.94. The van der Waals surface area contributed by atoms with Gasteiger partial charge in [-0.25, -0.2) is 0 Å². The fourth-order valence-electron chi connectivity index (χ4n) is 2.01. The third-order valence-electron chi connectivity index (χ3n) is 3.17. The monoisotopic (exact) mass is 314 g/mol. The van der Waals surface area contributed by atoms with Gasteiger partial charge in [0.05, 0.1) is 25.2 Å². The lowest BCUT2D eigenvalue weighted by Gasteiger charge is -2.02. The number of methoxy groups -OCH3 is 1. The first-order valence-electron chi connectivity index (χ1n) is 6.55. The number of hydrogen-bond acceptors (Lipinski definition) is 5. The summed E-state index contributed by atoms with van der Waals surface area (Å²) in [5.74, 6) is 1.49. The van der Waals surface area contributed by atoms with Gasteiger partial charge in [-0.2, -0.15) is 20.0 Å². The van der Waals surface area contributed by atoms with Crippen molar-refractivity contribution in [1.29, 1.82) is 0 Å². The van der Waals surface area contributed by atoms with Crippen LogP contribution in [0.4, 0.5) is 0 Å². The minimum Gasteiger partial charge on any atom is -0.497 e. The van der Waals surface area contributed by atoms with Gasteiger partial charge in [-0.1, -0.05) is 0 Å². The molecule has 2 aromatic heterocycles. The van der Waals surface area contributed by atoms with Crippen LogP contribution in [-0.4, -0.2) is 38.4 Å². The molecule has 3 rings (SSSR count). The molecule has 0 saturated carbocycles. The van der Waals surface area contributed by atoms with E-state index in [0.717, 1.165) is 22.6 Å². The number of hydrogen-bond donors (Lipinski definition) is 2. The van der Waals surface area contributed by atoms with Crippen LogP contribution in [0.15, 0.2) is 35.6 Å². The molecular weight excluding hydrogens is 300 g/mol. The van der Waals surface area contributed by atoms with Gasteiger partial charge in [0.25, 0.3) is 0 Å². The van der Waals surface area contributed by atoms with Gasteiger partial charge in [-0.05, 0) is 43.4 Å². The Morgan fingerprint density at radius 2 is 2.05 bits per heavy atom. The lowest BCUT2D eigenvalue weighted by atomic mass is 10.1. The number of aryl methyl sites for hydroxylation is 1. The second-order valence-corrected chi connectivity index (χ2v) is 4.95.